The number of unbranched alkanes of at least 4 members (excludes halogenated alkanes) is 1. The van der Waals surface area contributed by atoms with Crippen molar-refractivity contribution in [3.05, 3.63) is 19.1 Å². The Hall–Kier alpha value is -0.260. The highest BCUT2D eigenvalue weighted by Crippen LogP contribution is 2.07. The molecule has 0 fully saturated rings. The molecule has 0 aliphatic heterocycles. The van der Waals surface area contributed by atoms with E-state index in [1.807, 2.05) is 6.08 Å². The second-order valence-electron chi connectivity index (χ2n) is 2.55. The van der Waals surface area contributed by atoms with Gasteiger partial charge in [0, 0.05) is 0 Å². The molecule has 0 bridgehead atoms. The molecule has 0 saturated carbocycles. The van der Waals surface area contributed by atoms with Gasteiger partial charge in [-0.2, -0.15) is 0 Å². The second-order valence-corrected chi connectivity index (χ2v) is 2.55. The van der Waals surface area contributed by atoms with Crippen LogP contribution in [-0.2, 0) is 0 Å². The van der Waals surface area contributed by atoms with Crippen LogP contribution in [0.5, 0.6) is 0 Å². The smallest absolute Gasteiger partial charge is 0.0262 e. The fraction of sp³-hybridized carbons (Fsp3) is 0.667. The van der Waals surface area contributed by atoms with Crippen LogP contribution in [0, 0.1) is 12.8 Å². The summed E-state index contributed by atoms with van der Waals surface area (Å²) in [5.74, 6) is 0.724. The fourth-order valence-corrected chi connectivity index (χ4v) is 0.855. The lowest BCUT2D eigenvalue weighted by atomic mass is 10.0. The molecule has 0 saturated heterocycles. The van der Waals surface area contributed by atoms with Crippen molar-refractivity contribution in [2.45, 2.75) is 33.1 Å². The molecular formula is C9H17. The van der Waals surface area contributed by atoms with E-state index in [1.54, 1.807) is 0 Å². The maximum Gasteiger partial charge on any atom is -0.0262 e. The van der Waals surface area contributed by atoms with E-state index in [-0.39, 0.29) is 0 Å². The van der Waals surface area contributed by atoms with E-state index in [2.05, 4.69) is 26.8 Å². The number of hydrogen-bond donors (Lipinski definition) is 0. The lowest BCUT2D eigenvalue weighted by Gasteiger charge is -2.01. The molecule has 0 rings (SSSR count). The number of hydrogen-bond acceptors (Lipinski definition) is 0. The average molecular weight is 125 g/mol. The highest BCUT2D eigenvalue weighted by Gasteiger charge is 1.92. The van der Waals surface area contributed by atoms with Gasteiger partial charge in [-0.3, -0.25) is 0 Å². The van der Waals surface area contributed by atoms with Crippen LogP contribution in [-0.4, -0.2) is 0 Å². The summed E-state index contributed by atoms with van der Waals surface area (Å²) in [7, 11) is 0. The van der Waals surface area contributed by atoms with E-state index < -0.39 is 0 Å². The van der Waals surface area contributed by atoms with Crippen LogP contribution in [0.15, 0.2) is 12.2 Å². The zero-order chi connectivity index (χ0) is 7.11. The summed E-state index contributed by atoms with van der Waals surface area (Å²) in [4.78, 5) is 0. The molecule has 9 heavy (non-hydrogen) atoms. The monoisotopic (exact) mass is 125 g/mol. The van der Waals surface area contributed by atoms with Crippen LogP contribution in [0.4, 0.5) is 0 Å². The van der Waals surface area contributed by atoms with Gasteiger partial charge in [0.2, 0.25) is 0 Å². The van der Waals surface area contributed by atoms with Crippen molar-refractivity contribution in [1.82, 2.24) is 0 Å². The second kappa shape index (κ2) is 5.87. The van der Waals surface area contributed by atoms with Gasteiger partial charge in [-0.05, 0) is 19.3 Å². The summed E-state index contributed by atoms with van der Waals surface area (Å²) in [5, 5.41) is 0. The normalized spacial score (nSPS) is 14.6. The van der Waals surface area contributed by atoms with E-state index in [0.29, 0.717) is 0 Å². The molecule has 0 spiro atoms. The minimum Gasteiger partial charge on any atom is -0.0880 e. The molecule has 0 aromatic rings. The van der Waals surface area contributed by atoms with Crippen LogP contribution >= 0.6 is 0 Å². The molecule has 0 N–H and O–H groups in total. The SMILES string of the molecule is [CH2]/C=C/C(C)CCCC. The van der Waals surface area contributed by atoms with Crippen molar-refractivity contribution in [2.75, 3.05) is 0 Å². The van der Waals surface area contributed by atoms with Crippen molar-refractivity contribution in [2.24, 2.45) is 5.92 Å². The standard InChI is InChI=1S/C9H17/c1-4-6-8-9(3)7-5-2/h5,7,9H,2,4,6,8H2,1,3H3/b7-5+. The van der Waals surface area contributed by atoms with Gasteiger partial charge in [-0.15, -0.1) is 0 Å². The van der Waals surface area contributed by atoms with E-state index in [9.17, 15) is 0 Å². The first-order valence-corrected chi connectivity index (χ1v) is 3.77. The summed E-state index contributed by atoms with van der Waals surface area (Å²) in [6, 6.07) is 0. The summed E-state index contributed by atoms with van der Waals surface area (Å²) in [6.07, 6.45) is 8.00. The zero-order valence-corrected chi connectivity index (χ0v) is 6.56. The summed E-state index contributed by atoms with van der Waals surface area (Å²) in [6.45, 7) is 8.11. The third kappa shape index (κ3) is 5.61. The molecule has 0 aromatic carbocycles. The van der Waals surface area contributed by atoms with Crippen LogP contribution < -0.4 is 0 Å². The van der Waals surface area contributed by atoms with Gasteiger partial charge in [-0.1, -0.05) is 38.8 Å². The van der Waals surface area contributed by atoms with Gasteiger partial charge in [0.1, 0.15) is 0 Å². The Morgan fingerprint density at radius 3 is 2.67 bits per heavy atom. The minimum absolute atomic E-state index is 0.724. The Morgan fingerprint density at radius 2 is 2.22 bits per heavy atom. The zero-order valence-electron chi connectivity index (χ0n) is 6.56. The topological polar surface area (TPSA) is 0 Å². The Kier molecular flexibility index (Phi) is 5.70. The van der Waals surface area contributed by atoms with Gasteiger partial charge in [0.05, 0.1) is 0 Å². The third-order valence-electron chi connectivity index (χ3n) is 1.48. The van der Waals surface area contributed by atoms with E-state index >= 15 is 0 Å². The first kappa shape index (κ1) is 8.74. The molecule has 1 radical (unpaired) electrons. The third-order valence-corrected chi connectivity index (χ3v) is 1.48. The van der Waals surface area contributed by atoms with Crippen LogP contribution in [0.2, 0.25) is 0 Å². The summed E-state index contributed by atoms with van der Waals surface area (Å²) in [5.41, 5.74) is 0. The van der Waals surface area contributed by atoms with Crippen molar-refractivity contribution in [1.29, 1.82) is 0 Å². The quantitative estimate of drug-likeness (QED) is 0.541. The number of allylic oxidation sites excluding steroid dienone is 2. The Labute approximate surface area is 59.0 Å². The molecule has 53 valence electrons. The molecule has 0 aliphatic carbocycles. The highest BCUT2D eigenvalue weighted by molar-refractivity contribution is 4.87. The van der Waals surface area contributed by atoms with E-state index in [4.69, 9.17) is 0 Å². The van der Waals surface area contributed by atoms with Gasteiger partial charge >= 0.3 is 0 Å². The van der Waals surface area contributed by atoms with Crippen molar-refractivity contribution >= 4 is 0 Å². The summed E-state index contributed by atoms with van der Waals surface area (Å²) < 4.78 is 0. The average Bonchev–Trinajstić information content (AvgIpc) is 1.85. The highest BCUT2D eigenvalue weighted by atomic mass is 14.0. The molecule has 1 atom stereocenters. The predicted molar refractivity (Wildman–Crippen MR) is 43.2 cm³/mol. The van der Waals surface area contributed by atoms with E-state index in [0.717, 1.165) is 5.92 Å². The molecule has 0 nitrogen and oxygen atoms in total. The van der Waals surface area contributed by atoms with E-state index in [1.165, 1.54) is 19.3 Å². The van der Waals surface area contributed by atoms with Crippen LogP contribution in [0.3, 0.4) is 0 Å². The van der Waals surface area contributed by atoms with Crippen molar-refractivity contribution < 1.29 is 0 Å². The van der Waals surface area contributed by atoms with Gasteiger partial charge in [0.25, 0.3) is 0 Å². The summed E-state index contributed by atoms with van der Waals surface area (Å²) >= 11 is 0. The Morgan fingerprint density at radius 1 is 1.56 bits per heavy atom. The Balaban J connectivity index is 3.15. The fourth-order valence-electron chi connectivity index (χ4n) is 0.855. The molecule has 0 amide bonds. The molecule has 0 aliphatic rings. The molecule has 1 unspecified atom stereocenters. The maximum atomic E-state index is 3.65. The number of rotatable bonds is 4. The molecule has 0 heterocycles. The molecule has 0 heteroatoms. The largest absolute Gasteiger partial charge is 0.0880 e. The van der Waals surface area contributed by atoms with Gasteiger partial charge in [0.15, 0.2) is 0 Å². The van der Waals surface area contributed by atoms with Crippen molar-refractivity contribution in [3.8, 4) is 0 Å². The van der Waals surface area contributed by atoms with Crippen LogP contribution in [0.25, 0.3) is 0 Å². The Bertz CT molecular complexity index is 72.1. The first-order chi connectivity index (χ1) is 4.31. The minimum atomic E-state index is 0.724. The van der Waals surface area contributed by atoms with Gasteiger partial charge in [-0.25, -0.2) is 0 Å². The lowest BCUT2D eigenvalue weighted by molar-refractivity contribution is 0.598. The van der Waals surface area contributed by atoms with Crippen molar-refractivity contribution in [3.63, 3.8) is 0 Å². The molecule has 0 aromatic heterocycles. The first-order valence-electron chi connectivity index (χ1n) is 3.77. The molecular weight excluding hydrogens is 108 g/mol. The van der Waals surface area contributed by atoms with Gasteiger partial charge < -0.3 is 0 Å². The predicted octanol–water partition coefficient (Wildman–Crippen LogP) is 3.20. The lowest BCUT2D eigenvalue weighted by Crippen LogP contribution is -1.87. The maximum absolute atomic E-state index is 3.65. The van der Waals surface area contributed by atoms with Crippen LogP contribution in [0.1, 0.15) is 33.1 Å².